The van der Waals surface area contributed by atoms with Crippen LogP contribution in [0.1, 0.15) is 22.5 Å². The van der Waals surface area contributed by atoms with E-state index in [0.717, 1.165) is 5.56 Å². The fraction of sp³-hybridized carbons (Fsp3) is 0.174. The van der Waals surface area contributed by atoms with Crippen molar-refractivity contribution in [2.24, 2.45) is 0 Å². The van der Waals surface area contributed by atoms with Gasteiger partial charge in [-0.15, -0.1) is 0 Å². The smallest absolute Gasteiger partial charge is 0.280 e. The number of aromatic nitrogens is 6. The van der Waals surface area contributed by atoms with Crippen molar-refractivity contribution in [2.45, 2.75) is 27.3 Å². The van der Waals surface area contributed by atoms with Gasteiger partial charge in [0.2, 0.25) is 0 Å². The van der Waals surface area contributed by atoms with E-state index >= 15 is 0 Å². The van der Waals surface area contributed by atoms with Gasteiger partial charge in [-0.1, -0.05) is 12.1 Å². The first kappa shape index (κ1) is 20.6. The second kappa shape index (κ2) is 7.97. The number of aryl methyl sites for hydroxylation is 3. The van der Waals surface area contributed by atoms with Crippen LogP contribution in [0.25, 0.3) is 22.1 Å². The summed E-state index contributed by atoms with van der Waals surface area (Å²) in [5, 5.41) is 3.73. The first-order valence-corrected chi connectivity index (χ1v) is 10.4. The van der Waals surface area contributed by atoms with Gasteiger partial charge in [-0.2, -0.15) is 0 Å². The van der Waals surface area contributed by atoms with Crippen LogP contribution in [0.4, 0.5) is 15.9 Å². The van der Waals surface area contributed by atoms with E-state index in [2.05, 4.69) is 30.7 Å². The fourth-order valence-electron chi connectivity index (χ4n) is 3.94. The van der Waals surface area contributed by atoms with Gasteiger partial charge in [0, 0.05) is 0 Å². The van der Waals surface area contributed by atoms with Crippen molar-refractivity contribution in [1.82, 2.24) is 29.6 Å². The molecule has 0 unspecified atom stereocenters. The minimum Gasteiger partial charge on any atom is -0.361 e. The molecule has 9 nitrogen and oxygen atoms in total. The van der Waals surface area contributed by atoms with Crippen LogP contribution in [-0.4, -0.2) is 29.6 Å². The Kier molecular flexibility index (Phi) is 4.97. The quantitative estimate of drug-likeness (QED) is 0.379. The Balaban J connectivity index is 1.63. The molecule has 0 fully saturated rings. The maximum Gasteiger partial charge on any atom is 0.280 e. The molecule has 0 saturated carbocycles. The number of fused-ring (bicyclic) bond motifs is 2. The zero-order valence-electron chi connectivity index (χ0n) is 18.3. The summed E-state index contributed by atoms with van der Waals surface area (Å²) in [6.07, 6.45) is 2.96. The Labute approximate surface area is 187 Å². The third-order valence-electron chi connectivity index (χ3n) is 5.53. The molecule has 0 aliphatic rings. The second-order valence-electron chi connectivity index (χ2n) is 7.84. The van der Waals surface area contributed by atoms with Crippen LogP contribution in [0.15, 0.2) is 47.8 Å². The fourth-order valence-corrected chi connectivity index (χ4v) is 3.94. The van der Waals surface area contributed by atoms with E-state index in [1.54, 1.807) is 20.2 Å². The number of hydrogen-bond acceptors (Lipinski definition) is 7. The summed E-state index contributed by atoms with van der Waals surface area (Å²) < 4.78 is 15.2. The van der Waals surface area contributed by atoms with E-state index in [9.17, 15) is 9.18 Å². The summed E-state index contributed by atoms with van der Waals surface area (Å²) >= 11 is 0. The van der Waals surface area contributed by atoms with Crippen LogP contribution in [0.3, 0.4) is 0 Å². The Hall–Kier alpha value is -4.34. The molecule has 3 N–H and O–H groups in total. The monoisotopic (exact) mass is 444 g/mol. The molecular weight excluding hydrogens is 423 g/mol. The van der Waals surface area contributed by atoms with Gasteiger partial charge in [-0.05, 0) is 55.7 Å². The Morgan fingerprint density at radius 3 is 2.64 bits per heavy atom. The van der Waals surface area contributed by atoms with Gasteiger partial charge in [0.05, 0.1) is 29.5 Å². The van der Waals surface area contributed by atoms with Gasteiger partial charge in [-0.25, -0.2) is 29.0 Å². The van der Waals surface area contributed by atoms with Crippen molar-refractivity contribution in [1.29, 1.82) is 0 Å². The van der Waals surface area contributed by atoms with E-state index < -0.39 is 0 Å². The number of rotatable bonds is 5. The number of benzene rings is 2. The van der Waals surface area contributed by atoms with E-state index in [4.69, 9.17) is 4.98 Å². The molecule has 0 radical (unpaired) electrons. The number of H-pyrrole nitrogens is 1. The maximum absolute atomic E-state index is 13.8. The molecule has 0 bridgehead atoms. The average molecular weight is 444 g/mol. The van der Waals surface area contributed by atoms with Gasteiger partial charge in [0.15, 0.2) is 17.3 Å². The predicted molar refractivity (Wildman–Crippen MR) is 125 cm³/mol. The number of imidazole rings is 1. The summed E-state index contributed by atoms with van der Waals surface area (Å²) in [4.78, 5) is 33.8. The molecule has 2 aromatic carbocycles. The third kappa shape index (κ3) is 3.65. The van der Waals surface area contributed by atoms with Crippen LogP contribution < -0.4 is 16.3 Å². The lowest BCUT2D eigenvalue weighted by Gasteiger charge is -2.19. The average Bonchev–Trinajstić information content (AvgIpc) is 3.25. The number of anilines is 2. The predicted octanol–water partition coefficient (Wildman–Crippen LogP) is 3.61. The normalized spacial score (nSPS) is 11.3. The molecule has 0 aliphatic carbocycles. The lowest BCUT2D eigenvalue weighted by Crippen LogP contribution is -2.33. The minimum absolute atomic E-state index is 0.191. The van der Waals surface area contributed by atoms with Crippen molar-refractivity contribution < 1.29 is 4.39 Å². The maximum atomic E-state index is 13.8. The van der Waals surface area contributed by atoms with Crippen LogP contribution in [0.5, 0.6) is 0 Å². The molecule has 0 saturated heterocycles. The van der Waals surface area contributed by atoms with E-state index in [-0.39, 0.29) is 17.9 Å². The van der Waals surface area contributed by atoms with E-state index in [1.165, 1.54) is 23.1 Å². The minimum atomic E-state index is -0.329. The zero-order chi connectivity index (χ0) is 23.1. The highest BCUT2D eigenvalue weighted by Crippen LogP contribution is 2.23. The standard InChI is InChI=1S/C23H21FN8O/c1-12-5-4-6-16-18(12)23(33)32(31-19-13(2)7-15(24)8-14(19)3)17(30-16)9-25-21-20-22(27-10-26-20)29-11-28-21/h4-8,10-11,31H,9H2,1-3H3,(H2,25,26,27,28,29). The highest BCUT2D eigenvalue weighted by Gasteiger charge is 2.16. The molecule has 5 rings (SSSR count). The van der Waals surface area contributed by atoms with Gasteiger partial charge >= 0.3 is 0 Å². The van der Waals surface area contributed by atoms with Gasteiger partial charge in [-0.3, -0.25) is 10.2 Å². The molecule has 10 heteroatoms. The number of nitrogens with zero attached hydrogens (tertiary/aromatic N) is 5. The third-order valence-corrected chi connectivity index (χ3v) is 5.53. The molecular formula is C23H21FN8O. The van der Waals surface area contributed by atoms with Crippen molar-refractivity contribution in [3.05, 3.63) is 81.7 Å². The summed E-state index contributed by atoms with van der Waals surface area (Å²) in [5.41, 5.74) is 7.54. The number of hydrogen-bond donors (Lipinski definition) is 3. The molecule has 0 amide bonds. The van der Waals surface area contributed by atoms with Gasteiger partial charge in [0.25, 0.3) is 5.56 Å². The van der Waals surface area contributed by atoms with Crippen LogP contribution >= 0.6 is 0 Å². The SMILES string of the molecule is Cc1cc(F)cc(C)c1Nn1c(CNc2ncnc3nc[nH]c23)nc2cccc(C)c2c1=O. The molecule has 3 heterocycles. The largest absolute Gasteiger partial charge is 0.361 e. The molecule has 0 aliphatic heterocycles. The Bertz CT molecular complexity index is 1550. The Morgan fingerprint density at radius 1 is 1.06 bits per heavy atom. The number of halogens is 1. The van der Waals surface area contributed by atoms with Crippen LogP contribution in [-0.2, 0) is 6.54 Å². The second-order valence-corrected chi connectivity index (χ2v) is 7.84. The molecule has 33 heavy (non-hydrogen) atoms. The van der Waals surface area contributed by atoms with Crippen LogP contribution in [0, 0.1) is 26.6 Å². The van der Waals surface area contributed by atoms with Crippen molar-refractivity contribution in [3.8, 4) is 0 Å². The summed E-state index contributed by atoms with van der Waals surface area (Å²) in [6, 6.07) is 8.40. The topological polar surface area (TPSA) is 113 Å². The highest BCUT2D eigenvalue weighted by atomic mass is 19.1. The molecule has 3 aromatic heterocycles. The van der Waals surface area contributed by atoms with Crippen molar-refractivity contribution in [3.63, 3.8) is 0 Å². The van der Waals surface area contributed by atoms with Crippen LogP contribution in [0.2, 0.25) is 0 Å². The first-order valence-electron chi connectivity index (χ1n) is 10.4. The van der Waals surface area contributed by atoms with E-state index in [1.807, 2.05) is 25.1 Å². The van der Waals surface area contributed by atoms with Gasteiger partial charge < -0.3 is 10.3 Å². The molecule has 166 valence electrons. The first-order chi connectivity index (χ1) is 15.9. The highest BCUT2D eigenvalue weighted by molar-refractivity contribution is 5.82. The summed E-state index contributed by atoms with van der Waals surface area (Å²) in [5.74, 6) is 0.647. The lowest BCUT2D eigenvalue weighted by atomic mass is 10.1. The number of nitrogens with one attached hydrogen (secondary N) is 3. The van der Waals surface area contributed by atoms with E-state index in [0.29, 0.717) is 50.5 Å². The summed E-state index contributed by atoms with van der Waals surface area (Å²) in [6.45, 7) is 5.64. The molecule has 5 aromatic rings. The molecule has 0 spiro atoms. The summed E-state index contributed by atoms with van der Waals surface area (Å²) in [7, 11) is 0. The zero-order valence-corrected chi connectivity index (χ0v) is 18.3. The Morgan fingerprint density at radius 2 is 1.85 bits per heavy atom. The van der Waals surface area contributed by atoms with Crippen molar-refractivity contribution in [2.75, 3.05) is 10.7 Å². The molecule has 0 atom stereocenters. The lowest BCUT2D eigenvalue weighted by molar-refractivity contribution is 0.625. The van der Waals surface area contributed by atoms with Crippen molar-refractivity contribution >= 4 is 33.6 Å². The van der Waals surface area contributed by atoms with Gasteiger partial charge in [0.1, 0.15) is 17.7 Å². The number of aromatic amines is 1.